The molecular weight excluding hydrogens is 396 g/mol. The van der Waals surface area contributed by atoms with E-state index in [1.54, 1.807) is 55.6 Å². The SMILES string of the molecule is COc1ccc(-c2cc3ccc(OC(=O)c4ccccc4C)cc3oc2=O)cc1OC. The van der Waals surface area contributed by atoms with E-state index in [0.717, 1.165) is 5.56 Å². The van der Waals surface area contributed by atoms with Crippen LogP contribution < -0.4 is 19.8 Å². The Balaban J connectivity index is 1.68. The van der Waals surface area contributed by atoms with Crippen LogP contribution in [-0.4, -0.2) is 20.2 Å². The Morgan fingerprint density at radius 1 is 0.871 bits per heavy atom. The van der Waals surface area contributed by atoms with Gasteiger partial charge in [-0.1, -0.05) is 24.3 Å². The number of carbonyl (C=O) groups excluding carboxylic acids is 1. The van der Waals surface area contributed by atoms with Crippen LogP contribution in [0.4, 0.5) is 0 Å². The van der Waals surface area contributed by atoms with Gasteiger partial charge in [-0.15, -0.1) is 0 Å². The molecular formula is C25H20O6. The maximum atomic E-state index is 12.6. The lowest BCUT2D eigenvalue weighted by atomic mass is 10.1. The van der Waals surface area contributed by atoms with Crippen molar-refractivity contribution in [1.29, 1.82) is 0 Å². The fraction of sp³-hybridized carbons (Fsp3) is 0.120. The monoisotopic (exact) mass is 416 g/mol. The van der Waals surface area contributed by atoms with Crippen LogP contribution in [0.15, 0.2) is 75.9 Å². The Labute approximate surface area is 178 Å². The van der Waals surface area contributed by atoms with E-state index in [1.165, 1.54) is 13.2 Å². The van der Waals surface area contributed by atoms with Crippen molar-refractivity contribution in [3.05, 3.63) is 88.3 Å². The van der Waals surface area contributed by atoms with Gasteiger partial charge in [-0.25, -0.2) is 9.59 Å². The zero-order valence-corrected chi connectivity index (χ0v) is 17.3. The Kier molecular flexibility index (Phi) is 5.45. The van der Waals surface area contributed by atoms with Gasteiger partial charge in [0.25, 0.3) is 0 Å². The van der Waals surface area contributed by atoms with Crippen molar-refractivity contribution in [3.8, 4) is 28.4 Å². The third-order valence-corrected chi connectivity index (χ3v) is 4.98. The fourth-order valence-corrected chi connectivity index (χ4v) is 3.32. The lowest BCUT2D eigenvalue weighted by Gasteiger charge is -2.10. The maximum absolute atomic E-state index is 12.6. The molecule has 0 aliphatic carbocycles. The smallest absolute Gasteiger partial charge is 0.344 e. The predicted molar refractivity (Wildman–Crippen MR) is 117 cm³/mol. The molecule has 0 unspecified atom stereocenters. The van der Waals surface area contributed by atoms with E-state index in [1.807, 2.05) is 19.1 Å². The molecule has 1 heterocycles. The van der Waals surface area contributed by atoms with Crippen molar-refractivity contribution in [1.82, 2.24) is 0 Å². The molecule has 0 amide bonds. The van der Waals surface area contributed by atoms with Crippen LogP contribution in [0.25, 0.3) is 22.1 Å². The normalized spacial score (nSPS) is 10.7. The number of hydrogen-bond donors (Lipinski definition) is 0. The largest absolute Gasteiger partial charge is 0.493 e. The summed E-state index contributed by atoms with van der Waals surface area (Å²) in [7, 11) is 3.08. The van der Waals surface area contributed by atoms with E-state index in [0.29, 0.717) is 44.9 Å². The van der Waals surface area contributed by atoms with E-state index in [4.69, 9.17) is 18.6 Å². The van der Waals surface area contributed by atoms with Gasteiger partial charge in [-0.05, 0) is 54.4 Å². The number of carbonyl (C=O) groups is 1. The van der Waals surface area contributed by atoms with Gasteiger partial charge in [0, 0.05) is 11.5 Å². The first-order valence-corrected chi connectivity index (χ1v) is 9.58. The lowest BCUT2D eigenvalue weighted by molar-refractivity contribution is 0.0734. The molecule has 0 spiro atoms. The van der Waals surface area contributed by atoms with E-state index in [9.17, 15) is 9.59 Å². The minimum Gasteiger partial charge on any atom is -0.493 e. The highest BCUT2D eigenvalue weighted by Crippen LogP contribution is 2.32. The van der Waals surface area contributed by atoms with Crippen molar-refractivity contribution in [3.63, 3.8) is 0 Å². The Morgan fingerprint density at radius 2 is 1.65 bits per heavy atom. The highest BCUT2D eigenvalue weighted by Gasteiger charge is 2.14. The molecule has 6 nitrogen and oxygen atoms in total. The average molecular weight is 416 g/mol. The second-order valence-corrected chi connectivity index (χ2v) is 6.92. The molecule has 0 fully saturated rings. The van der Waals surface area contributed by atoms with E-state index >= 15 is 0 Å². The predicted octanol–water partition coefficient (Wildman–Crippen LogP) is 5.00. The lowest BCUT2D eigenvalue weighted by Crippen LogP contribution is -2.10. The summed E-state index contributed by atoms with van der Waals surface area (Å²) in [5.41, 5.74) is 2.14. The van der Waals surface area contributed by atoms with Gasteiger partial charge in [0.2, 0.25) is 0 Å². The van der Waals surface area contributed by atoms with Crippen molar-refractivity contribution in [2.75, 3.05) is 14.2 Å². The molecule has 31 heavy (non-hydrogen) atoms. The van der Waals surface area contributed by atoms with Crippen LogP contribution in [0.3, 0.4) is 0 Å². The van der Waals surface area contributed by atoms with Crippen molar-refractivity contribution >= 4 is 16.9 Å². The highest BCUT2D eigenvalue weighted by molar-refractivity contribution is 5.93. The van der Waals surface area contributed by atoms with Crippen LogP contribution in [0.2, 0.25) is 0 Å². The second kappa shape index (κ2) is 8.36. The Bertz CT molecular complexity index is 1340. The van der Waals surface area contributed by atoms with E-state index in [2.05, 4.69) is 0 Å². The van der Waals surface area contributed by atoms with Crippen molar-refractivity contribution in [2.24, 2.45) is 0 Å². The first-order chi connectivity index (χ1) is 15.0. The standard InChI is InChI=1S/C25H20O6/c1-15-6-4-5-7-19(15)24(26)30-18-10-8-17-12-20(25(27)31-22(17)14-18)16-9-11-21(28-2)23(13-16)29-3/h4-14H,1-3H3. The zero-order chi connectivity index (χ0) is 22.0. The third kappa shape index (κ3) is 4.00. The molecule has 0 aliphatic rings. The molecule has 0 N–H and O–H groups in total. The second-order valence-electron chi connectivity index (χ2n) is 6.92. The van der Waals surface area contributed by atoms with Gasteiger partial charge in [0.1, 0.15) is 11.3 Å². The van der Waals surface area contributed by atoms with Gasteiger partial charge in [-0.2, -0.15) is 0 Å². The number of hydrogen-bond acceptors (Lipinski definition) is 6. The van der Waals surface area contributed by atoms with Crippen molar-refractivity contribution < 1.29 is 23.4 Å². The van der Waals surface area contributed by atoms with Gasteiger partial charge >= 0.3 is 11.6 Å². The van der Waals surface area contributed by atoms with Crippen LogP contribution in [-0.2, 0) is 0 Å². The summed E-state index contributed by atoms with van der Waals surface area (Å²) in [6, 6.07) is 19.0. The summed E-state index contributed by atoms with van der Waals surface area (Å²) in [6.45, 7) is 1.84. The molecule has 1 aromatic heterocycles. The van der Waals surface area contributed by atoms with Crippen LogP contribution in [0.5, 0.6) is 17.2 Å². The van der Waals surface area contributed by atoms with Crippen molar-refractivity contribution in [2.45, 2.75) is 6.92 Å². The number of fused-ring (bicyclic) bond motifs is 1. The molecule has 0 radical (unpaired) electrons. The van der Waals surface area contributed by atoms with Gasteiger partial charge in [0.15, 0.2) is 11.5 Å². The first-order valence-electron chi connectivity index (χ1n) is 9.58. The number of benzene rings is 3. The minimum atomic E-state index is -0.512. The molecule has 6 heteroatoms. The average Bonchev–Trinajstić information content (AvgIpc) is 2.78. The van der Waals surface area contributed by atoms with E-state index in [-0.39, 0.29) is 0 Å². The van der Waals surface area contributed by atoms with Gasteiger partial charge < -0.3 is 18.6 Å². The van der Waals surface area contributed by atoms with Crippen LogP contribution >= 0.6 is 0 Å². The third-order valence-electron chi connectivity index (χ3n) is 4.98. The molecule has 0 saturated heterocycles. The molecule has 0 saturated carbocycles. The molecule has 0 atom stereocenters. The summed E-state index contributed by atoms with van der Waals surface area (Å²) >= 11 is 0. The summed E-state index contributed by atoms with van der Waals surface area (Å²) < 4.78 is 21.5. The fourth-order valence-electron chi connectivity index (χ4n) is 3.32. The number of ether oxygens (including phenoxy) is 3. The molecule has 3 aromatic carbocycles. The summed E-state index contributed by atoms with van der Waals surface area (Å²) in [6.07, 6.45) is 0. The number of methoxy groups -OCH3 is 2. The van der Waals surface area contributed by atoms with E-state index < -0.39 is 11.6 Å². The highest BCUT2D eigenvalue weighted by atomic mass is 16.5. The molecule has 4 rings (SSSR count). The number of esters is 1. The van der Waals surface area contributed by atoms with Gasteiger partial charge in [-0.3, -0.25) is 0 Å². The summed E-state index contributed by atoms with van der Waals surface area (Å²) in [5, 5.41) is 0.695. The topological polar surface area (TPSA) is 75.0 Å². The minimum absolute atomic E-state index is 0.294. The molecule has 0 aliphatic heterocycles. The molecule has 156 valence electrons. The van der Waals surface area contributed by atoms with Crippen LogP contribution in [0.1, 0.15) is 15.9 Å². The Hall–Kier alpha value is -4.06. The zero-order valence-electron chi connectivity index (χ0n) is 17.3. The molecule has 0 bridgehead atoms. The first kappa shape index (κ1) is 20.2. The summed E-state index contributed by atoms with van der Waals surface area (Å²) in [4.78, 5) is 25.1. The quantitative estimate of drug-likeness (QED) is 0.259. The number of rotatable bonds is 5. The maximum Gasteiger partial charge on any atom is 0.344 e. The Morgan fingerprint density at radius 3 is 2.39 bits per heavy atom. The van der Waals surface area contributed by atoms with Crippen LogP contribution in [0, 0.1) is 6.92 Å². The number of aryl methyl sites for hydroxylation is 1. The van der Waals surface area contributed by atoms with Gasteiger partial charge in [0.05, 0.1) is 25.3 Å². The molecule has 4 aromatic rings. The summed E-state index contributed by atoms with van der Waals surface area (Å²) in [5.74, 6) is 0.902.